The van der Waals surface area contributed by atoms with E-state index in [1.54, 1.807) is 10.9 Å². The summed E-state index contributed by atoms with van der Waals surface area (Å²) in [5.74, 6) is 0.903. The first-order valence-corrected chi connectivity index (χ1v) is 7.38. The molecule has 0 spiro atoms. The van der Waals surface area contributed by atoms with Gasteiger partial charge in [-0.3, -0.25) is 4.98 Å². The zero-order chi connectivity index (χ0) is 14.7. The number of anilines is 1. The molecule has 0 saturated heterocycles. The highest BCUT2D eigenvalue weighted by molar-refractivity contribution is 9.10. The number of pyridine rings is 1. The van der Waals surface area contributed by atoms with Crippen molar-refractivity contribution in [2.45, 2.75) is 26.9 Å². The molecule has 5 nitrogen and oxygen atoms in total. The van der Waals surface area contributed by atoms with Crippen molar-refractivity contribution in [3.8, 4) is 0 Å². The fourth-order valence-corrected chi connectivity index (χ4v) is 2.67. The van der Waals surface area contributed by atoms with Crippen LogP contribution in [-0.4, -0.2) is 26.5 Å². The SMILES string of the molecule is Cc1nn(CCO)c(NCc2ncc(Cl)cc2Br)c1C. The van der Waals surface area contributed by atoms with Crippen LogP contribution in [0.1, 0.15) is 17.0 Å². The molecule has 0 aliphatic heterocycles. The fraction of sp³-hybridized carbons (Fsp3) is 0.385. The van der Waals surface area contributed by atoms with Gasteiger partial charge in [0.2, 0.25) is 0 Å². The maximum atomic E-state index is 9.08. The Morgan fingerprint density at radius 1 is 1.45 bits per heavy atom. The van der Waals surface area contributed by atoms with Crippen LogP contribution in [0.3, 0.4) is 0 Å². The van der Waals surface area contributed by atoms with E-state index in [4.69, 9.17) is 16.7 Å². The Bertz CT molecular complexity index is 615. The lowest BCUT2D eigenvalue weighted by molar-refractivity contribution is 0.270. The molecule has 2 aromatic rings. The molecule has 0 aliphatic carbocycles. The minimum Gasteiger partial charge on any atom is -0.394 e. The van der Waals surface area contributed by atoms with Gasteiger partial charge in [-0.25, -0.2) is 4.68 Å². The van der Waals surface area contributed by atoms with E-state index in [1.165, 1.54) is 0 Å². The van der Waals surface area contributed by atoms with Gasteiger partial charge in [-0.2, -0.15) is 5.10 Å². The highest BCUT2D eigenvalue weighted by atomic mass is 79.9. The van der Waals surface area contributed by atoms with Gasteiger partial charge in [-0.15, -0.1) is 0 Å². The molecule has 0 fully saturated rings. The Labute approximate surface area is 131 Å². The number of nitrogens with zero attached hydrogens (tertiary/aromatic N) is 3. The molecule has 20 heavy (non-hydrogen) atoms. The van der Waals surface area contributed by atoms with E-state index in [-0.39, 0.29) is 6.61 Å². The third-order valence-electron chi connectivity index (χ3n) is 3.05. The average molecular weight is 360 g/mol. The van der Waals surface area contributed by atoms with Gasteiger partial charge in [0.15, 0.2) is 0 Å². The van der Waals surface area contributed by atoms with Crippen molar-refractivity contribution < 1.29 is 5.11 Å². The number of hydrogen-bond acceptors (Lipinski definition) is 4. The standard InChI is InChI=1S/C13H16BrClN4O/c1-8-9(2)18-19(3-4-20)13(8)17-7-12-11(14)5-10(15)6-16-12/h5-6,17,20H,3-4,7H2,1-2H3. The number of hydrogen-bond donors (Lipinski definition) is 2. The molecule has 2 rings (SSSR count). The lowest BCUT2D eigenvalue weighted by atomic mass is 10.2. The van der Waals surface area contributed by atoms with Crippen LogP contribution < -0.4 is 5.32 Å². The van der Waals surface area contributed by atoms with Crippen LogP contribution in [-0.2, 0) is 13.1 Å². The first-order valence-electron chi connectivity index (χ1n) is 6.21. The number of rotatable bonds is 5. The summed E-state index contributed by atoms with van der Waals surface area (Å²) in [7, 11) is 0. The Morgan fingerprint density at radius 3 is 2.85 bits per heavy atom. The number of aliphatic hydroxyl groups excluding tert-OH is 1. The van der Waals surface area contributed by atoms with Crippen molar-refractivity contribution in [3.05, 3.63) is 38.7 Å². The van der Waals surface area contributed by atoms with Crippen molar-refractivity contribution in [1.82, 2.24) is 14.8 Å². The summed E-state index contributed by atoms with van der Waals surface area (Å²) in [6.45, 7) is 5.02. The molecule has 2 aromatic heterocycles. The Hall–Kier alpha value is -1.11. The van der Waals surface area contributed by atoms with E-state index >= 15 is 0 Å². The number of aryl methyl sites for hydroxylation is 1. The summed E-state index contributed by atoms with van der Waals surface area (Å²) >= 11 is 9.32. The molecule has 0 aliphatic rings. The van der Waals surface area contributed by atoms with E-state index in [2.05, 4.69) is 31.3 Å². The molecule has 108 valence electrons. The largest absolute Gasteiger partial charge is 0.394 e. The van der Waals surface area contributed by atoms with Crippen LogP contribution in [0.2, 0.25) is 5.02 Å². The average Bonchev–Trinajstić information content (AvgIpc) is 2.65. The normalized spacial score (nSPS) is 10.8. The summed E-state index contributed by atoms with van der Waals surface area (Å²) in [5, 5.41) is 17.4. The van der Waals surface area contributed by atoms with Crippen molar-refractivity contribution in [3.63, 3.8) is 0 Å². The Balaban J connectivity index is 2.18. The van der Waals surface area contributed by atoms with Crippen LogP contribution in [0.5, 0.6) is 0 Å². The lowest BCUT2D eigenvalue weighted by Gasteiger charge is -2.11. The van der Waals surface area contributed by atoms with E-state index in [1.807, 2.05) is 19.9 Å². The number of halogens is 2. The molecule has 0 radical (unpaired) electrons. The predicted octanol–water partition coefficient (Wildman–Crippen LogP) is 2.92. The van der Waals surface area contributed by atoms with Gasteiger partial charge in [-0.05, 0) is 35.8 Å². The van der Waals surface area contributed by atoms with Gasteiger partial charge in [0.05, 0.1) is 36.1 Å². The molecule has 2 heterocycles. The highest BCUT2D eigenvalue weighted by Crippen LogP contribution is 2.22. The van der Waals surface area contributed by atoms with Gasteiger partial charge in [0.1, 0.15) is 5.82 Å². The van der Waals surface area contributed by atoms with Crippen LogP contribution in [0.15, 0.2) is 16.7 Å². The molecular weight excluding hydrogens is 344 g/mol. The van der Waals surface area contributed by atoms with Crippen LogP contribution >= 0.6 is 27.5 Å². The smallest absolute Gasteiger partial charge is 0.127 e. The van der Waals surface area contributed by atoms with Crippen molar-refractivity contribution >= 4 is 33.3 Å². The van der Waals surface area contributed by atoms with Gasteiger partial charge in [0, 0.05) is 16.2 Å². The molecule has 2 N–H and O–H groups in total. The zero-order valence-electron chi connectivity index (χ0n) is 11.3. The molecular formula is C13H16BrClN4O. The summed E-state index contributed by atoms with van der Waals surface area (Å²) in [5.41, 5.74) is 2.89. The van der Waals surface area contributed by atoms with Gasteiger partial charge in [0.25, 0.3) is 0 Å². The van der Waals surface area contributed by atoms with Crippen molar-refractivity contribution in [1.29, 1.82) is 0 Å². The van der Waals surface area contributed by atoms with Gasteiger partial charge in [-0.1, -0.05) is 11.6 Å². The lowest BCUT2D eigenvalue weighted by Crippen LogP contribution is -2.11. The summed E-state index contributed by atoms with van der Waals surface area (Å²) in [4.78, 5) is 4.28. The van der Waals surface area contributed by atoms with Crippen LogP contribution in [0.4, 0.5) is 5.82 Å². The molecule has 0 amide bonds. The maximum Gasteiger partial charge on any atom is 0.127 e. The predicted molar refractivity (Wildman–Crippen MR) is 83.1 cm³/mol. The van der Waals surface area contributed by atoms with E-state index in [0.29, 0.717) is 18.1 Å². The molecule has 0 unspecified atom stereocenters. The molecule has 0 bridgehead atoms. The number of nitrogens with one attached hydrogen (secondary N) is 1. The van der Waals surface area contributed by atoms with E-state index < -0.39 is 0 Å². The Kier molecular flexibility index (Phi) is 5.01. The second-order valence-corrected chi connectivity index (χ2v) is 5.73. The molecule has 0 saturated carbocycles. The summed E-state index contributed by atoms with van der Waals surface area (Å²) in [6, 6.07) is 1.81. The first-order chi connectivity index (χ1) is 9.52. The molecule has 0 aromatic carbocycles. The number of aliphatic hydroxyl groups is 1. The topological polar surface area (TPSA) is 63.0 Å². The minimum absolute atomic E-state index is 0.0537. The van der Waals surface area contributed by atoms with E-state index in [9.17, 15) is 0 Å². The first kappa shape index (κ1) is 15.3. The second kappa shape index (κ2) is 6.56. The Morgan fingerprint density at radius 2 is 2.20 bits per heavy atom. The fourth-order valence-electron chi connectivity index (χ4n) is 1.89. The third kappa shape index (κ3) is 3.31. The third-order valence-corrected chi connectivity index (χ3v) is 3.94. The summed E-state index contributed by atoms with van der Waals surface area (Å²) in [6.07, 6.45) is 1.62. The maximum absolute atomic E-state index is 9.08. The second-order valence-electron chi connectivity index (χ2n) is 4.44. The van der Waals surface area contributed by atoms with Gasteiger partial charge >= 0.3 is 0 Å². The summed E-state index contributed by atoms with van der Waals surface area (Å²) < 4.78 is 2.63. The van der Waals surface area contributed by atoms with Crippen molar-refractivity contribution in [2.24, 2.45) is 0 Å². The highest BCUT2D eigenvalue weighted by Gasteiger charge is 2.12. The quantitative estimate of drug-likeness (QED) is 0.861. The van der Waals surface area contributed by atoms with Crippen LogP contribution in [0, 0.1) is 13.8 Å². The van der Waals surface area contributed by atoms with Gasteiger partial charge < -0.3 is 10.4 Å². The minimum atomic E-state index is 0.0537. The monoisotopic (exact) mass is 358 g/mol. The zero-order valence-corrected chi connectivity index (χ0v) is 13.7. The van der Waals surface area contributed by atoms with E-state index in [0.717, 1.165) is 27.2 Å². The number of aromatic nitrogens is 3. The van der Waals surface area contributed by atoms with Crippen molar-refractivity contribution in [2.75, 3.05) is 11.9 Å². The molecule has 7 heteroatoms. The van der Waals surface area contributed by atoms with Crippen LogP contribution in [0.25, 0.3) is 0 Å². The molecule has 0 atom stereocenters.